The van der Waals surface area contributed by atoms with Crippen LogP contribution in [0.5, 0.6) is 5.75 Å². The van der Waals surface area contributed by atoms with Gasteiger partial charge in [0.15, 0.2) is 0 Å². The van der Waals surface area contributed by atoms with Crippen LogP contribution in [0, 0.1) is 0 Å². The van der Waals surface area contributed by atoms with E-state index in [-0.39, 0.29) is 5.56 Å². The van der Waals surface area contributed by atoms with Gasteiger partial charge in [-0.2, -0.15) is 0 Å². The van der Waals surface area contributed by atoms with E-state index in [2.05, 4.69) is 5.32 Å². The Kier molecular flexibility index (Phi) is 6.22. The van der Waals surface area contributed by atoms with E-state index in [1.165, 1.54) is 0 Å². The highest BCUT2D eigenvalue weighted by molar-refractivity contribution is 6.42. The average molecular weight is 402 g/mol. The number of ether oxygens (including phenoxy) is 1. The Morgan fingerprint density at radius 1 is 0.963 bits per heavy atom. The van der Waals surface area contributed by atoms with Crippen LogP contribution in [0.4, 0.5) is 5.69 Å². The van der Waals surface area contributed by atoms with E-state index in [1.807, 2.05) is 30.3 Å². The summed E-state index contributed by atoms with van der Waals surface area (Å²) in [5.74, 6) is -0.180. The summed E-state index contributed by atoms with van der Waals surface area (Å²) in [5.41, 5.74) is 3.00. The van der Waals surface area contributed by atoms with Gasteiger partial charge in [0.1, 0.15) is 12.4 Å². The van der Waals surface area contributed by atoms with Crippen molar-refractivity contribution < 1.29 is 14.6 Å². The van der Waals surface area contributed by atoms with Gasteiger partial charge in [-0.1, -0.05) is 47.5 Å². The van der Waals surface area contributed by atoms with Gasteiger partial charge in [0, 0.05) is 17.8 Å². The SMILES string of the molecule is O=C(O)c1ccc(NCc2ccccc2OCc2ccc(Cl)c(Cl)c2)cc1. The Hall–Kier alpha value is -2.69. The highest BCUT2D eigenvalue weighted by Crippen LogP contribution is 2.25. The van der Waals surface area contributed by atoms with Crippen molar-refractivity contribution in [3.63, 3.8) is 0 Å². The minimum Gasteiger partial charge on any atom is -0.489 e. The second-order valence-corrected chi connectivity index (χ2v) is 6.70. The third kappa shape index (κ3) is 5.16. The van der Waals surface area contributed by atoms with Gasteiger partial charge in [-0.25, -0.2) is 4.79 Å². The lowest BCUT2D eigenvalue weighted by molar-refractivity contribution is 0.0697. The molecule has 0 saturated carbocycles. The van der Waals surface area contributed by atoms with E-state index in [1.54, 1.807) is 36.4 Å². The van der Waals surface area contributed by atoms with Gasteiger partial charge in [-0.05, 0) is 48.0 Å². The number of aromatic carboxylic acids is 1. The molecule has 4 nitrogen and oxygen atoms in total. The normalized spacial score (nSPS) is 10.4. The minimum absolute atomic E-state index is 0.255. The van der Waals surface area contributed by atoms with Gasteiger partial charge in [0.25, 0.3) is 0 Å². The van der Waals surface area contributed by atoms with Crippen molar-refractivity contribution in [1.82, 2.24) is 0 Å². The summed E-state index contributed by atoms with van der Waals surface area (Å²) >= 11 is 12.0. The lowest BCUT2D eigenvalue weighted by Gasteiger charge is -2.13. The van der Waals surface area contributed by atoms with Crippen molar-refractivity contribution in [3.8, 4) is 5.75 Å². The first-order valence-electron chi connectivity index (χ1n) is 8.25. The second kappa shape index (κ2) is 8.80. The molecule has 0 aliphatic heterocycles. The molecule has 138 valence electrons. The van der Waals surface area contributed by atoms with Crippen molar-refractivity contribution in [1.29, 1.82) is 0 Å². The summed E-state index contributed by atoms with van der Waals surface area (Å²) in [6, 6.07) is 19.8. The number of halogens is 2. The summed E-state index contributed by atoms with van der Waals surface area (Å²) in [6.07, 6.45) is 0. The van der Waals surface area contributed by atoms with Crippen LogP contribution in [-0.2, 0) is 13.2 Å². The van der Waals surface area contributed by atoms with E-state index >= 15 is 0 Å². The fraction of sp³-hybridized carbons (Fsp3) is 0.0952. The number of hydrogen-bond donors (Lipinski definition) is 2. The first-order chi connectivity index (χ1) is 13.0. The Morgan fingerprint density at radius 3 is 2.41 bits per heavy atom. The molecule has 0 aliphatic rings. The number of anilines is 1. The smallest absolute Gasteiger partial charge is 0.335 e. The zero-order valence-electron chi connectivity index (χ0n) is 14.3. The average Bonchev–Trinajstić information content (AvgIpc) is 2.68. The fourth-order valence-corrected chi connectivity index (χ4v) is 2.83. The molecule has 0 spiro atoms. The van der Waals surface area contributed by atoms with Crippen molar-refractivity contribution in [3.05, 3.63) is 93.5 Å². The molecule has 0 bridgehead atoms. The van der Waals surface area contributed by atoms with Gasteiger partial charge in [0.2, 0.25) is 0 Å². The molecule has 3 rings (SSSR count). The van der Waals surface area contributed by atoms with Crippen LogP contribution in [-0.4, -0.2) is 11.1 Å². The standard InChI is InChI=1S/C21H17Cl2NO3/c22-18-10-5-14(11-19(18)23)13-27-20-4-2-1-3-16(20)12-24-17-8-6-15(7-9-17)21(25)26/h1-11,24H,12-13H2,(H,25,26). The van der Waals surface area contributed by atoms with Gasteiger partial charge in [0.05, 0.1) is 15.6 Å². The maximum absolute atomic E-state index is 10.9. The quantitative estimate of drug-likeness (QED) is 0.518. The molecule has 0 aliphatic carbocycles. The zero-order chi connectivity index (χ0) is 19.2. The van der Waals surface area contributed by atoms with Gasteiger partial charge in [-0.15, -0.1) is 0 Å². The molecule has 27 heavy (non-hydrogen) atoms. The van der Waals surface area contributed by atoms with Crippen molar-refractivity contribution in [2.75, 3.05) is 5.32 Å². The Balaban J connectivity index is 1.64. The predicted molar refractivity (Wildman–Crippen MR) is 108 cm³/mol. The van der Waals surface area contributed by atoms with Crippen molar-refractivity contribution in [2.45, 2.75) is 13.2 Å². The minimum atomic E-state index is -0.942. The molecular formula is C21H17Cl2NO3. The van der Waals surface area contributed by atoms with E-state index in [9.17, 15) is 4.79 Å². The first-order valence-corrected chi connectivity index (χ1v) is 9.00. The zero-order valence-corrected chi connectivity index (χ0v) is 15.8. The molecule has 3 aromatic carbocycles. The van der Waals surface area contributed by atoms with Crippen LogP contribution in [0.2, 0.25) is 10.0 Å². The lowest BCUT2D eigenvalue weighted by atomic mass is 10.1. The van der Waals surface area contributed by atoms with Gasteiger partial charge < -0.3 is 15.2 Å². The fourth-order valence-electron chi connectivity index (χ4n) is 2.51. The maximum atomic E-state index is 10.9. The molecule has 0 radical (unpaired) electrons. The molecule has 3 aromatic rings. The summed E-state index contributed by atoms with van der Waals surface area (Å²) in [7, 11) is 0. The molecular weight excluding hydrogens is 385 g/mol. The molecule has 6 heteroatoms. The van der Waals surface area contributed by atoms with E-state index in [0.717, 1.165) is 22.6 Å². The summed E-state index contributed by atoms with van der Waals surface area (Å²) in [5, 5.41) is 13.2. The number of nitrogens with one attached hydrogen (secondary N) is 1. The van der Waals surface area contributed by atoms with E-state index in [4.69, 9.17) is 33.0 Å². The molecule has 2 N–H and O–H groups in total. The van der Waals surface area contributed by atoms with E-state index in [0.29, 0.717) is 23.2 Å². The summed E-state index contributed by atoms with van der Waals surface area (Å²) in [4.78, 5) is 10.9. The topological polar surface area (TPSA) is 58.6 Å². The molecule has 0 unspecified atom stereocenters. The number of benzene rings is 3. The van der Waals surface area contributed by atoms with Crippen molar-refractivity contribution in [2.24, 2.45) is 0 Å². The van der Waals surface area contributed by atoms with Gasteiger partial charge in [-0.3, -0.25) is 0 Å². The van der Waals surface area contributed by atoms with Crippen LogP contribution >= 0.6 is 23.2 Å². The number of para-hydroxylation sites is 1. The first kappa shape index (κ1) is 19.1. The monoisotopic (exact) mass is 401 g/mol. The lowest BCUT2D eigenvalue weighted by Crippen LogP contribution is -2.04. The van der Waals surface area contributed by atoms with Crippen LogP contribution < -0.4 is 10.1 Å². The number of carbonyl (C=O) groups is 1. The molecule has 0 atom stereocenters. The molecule has 0 fully saturated rings. The van der Waals surface area contributed by atoms with Crippen LogP contribution in [0.15, 0.2) is 66.7 Å². The Labute approximate surface area is 167 Å². The van der Waals surface area contributed by atoms with Crippen molar-refractivity contribution >= 4 is 34.9 Å². The molecule has 0 amide bonds. The Morgan fingerprint density at radius 2 is 1.70 bits per heavy atom. The summed E-state index contributed by atoms with van der Waals surface area (Å²) < 4.78 is 5.94. The molecule has 0 aromatic heterocycles. The summed E-state index contributed by atoms with van der Waals surface area (Å²) in [6.45, 7) is 0.922. The third-order valence-electron chi connectivity index (χ3n) is 3.97. The van der Waals surface area contributed by atoms with Crippen LogP contribution in [0.1, 0.15) is 21.5 Å². The highest BCUT2D eigenvalue weighted by atomic mass is 35.5. The number of carboxylic acids is 1. The highest BCUT2D eigenvalue weighted by Gasteiger charge is 2.06. The molecule has 0 heterocycles. The third-order valence-corrected chi connectivity index (χ3v) is 4.70. The Bertz CT molecular complexity index is 942. The second-order valence-electron chi connectivity index (χ2n) is 5.88. The predicted octanol–water partition coefficient (Wildman–Crippen LogP) is 5.88. The number of rotatable bonds is 7. The van der Waals surface area contributed by atoms with Gasteiger partial charge >= 0.3 is 5.97 Å². The number of hydrogen-bond acceptors (Lipinski definition) is 3. The van der Waals surface area contributed by atoms with Crippen LogP contribution in [0.25, 0.3) is 0 Å². The largest absolute Gasteiger partial charge is 0.489 e. The maximum Gasteiger partial charge on any atom is 0.335 e. The van der Waals surface area contributed by atoms with Crippen LogP contribution in [0.3, 0.4) is 0 Å². The van der Waals surface area contributed by atoms with E-state index < -0.39 is 5.97 Å². The molecule has 0 saturated heterocycles. The number of carboxylic acid groups (broad SMARTS) is 1.